The molecule has 1 aliphatic heterocycles. The Balaban J connectivity index is 2.48. The van der Waals surface area contributed by atoms with Gasteiger partial charge in [0.2, 0.25) is 65.0 Å². The van der Waals surface area contributed by atoms with Crippen molar-refractivity contribution in [3.63, 3.8) is 0 Å². The Morgan fingerprint density at radius 3 is 2.05 bits per heavy atom. The number of nitrogens with zero attached hydrogens (tertiary/aromatic N) is 1. The van der Waals surface area contributed by atoms with Gasteiger partial charge in [0, 0.05) is 19.9 Å². The molecule has 7 atom stereocenters. The van der Waals surface area contributed by atoms with Crippen molar-refractivity contribution in [2.24, 2.45) is 23.3 Å². The summed E-state index contributed by atoms with van der Waals surface area (Å²) in [6, 6.07) is -2.51. The summed E-state index contributed by atoms with van der Waals surface area (Å²) in [6.45, 7) is 6.48. The number of nitrogens with two attached hydrogens (primary N) is 2. The van der Waals surface area contributed by atoms with E-state index in [4.69, 9.17) is 11.5 Å². The minimum Gasteiger partial charge on any atom is -0.508 e. The van der Waals surface area contributed by atoms with Crippen LogP contribution >= 0.6 is 0 Å². The van der Waals surface area contributed by atoms with Gasteiger partial charge in [-0.2, -0.15) is 0 Å². The summed E-state index contributed by atoms with van der Waals surface area (Å²) in [5.74, 6) is -10.2. The number of phenols is 1. The first-order valence-electron chi connectivity index (χ1n) is 20.4. The van der Waals surface area contributed by atoms with Crippen LogP contribution < -0.4 is 54.0 Å². The van der Waals surface area contributed by atoms with Crippen molar-refractivity contribution < 1.29 is 57.8 Å². The van der Waals surface area contributed by atoms with Crippen molar-refractivity contribution >= 4 is 65.0 Å². The number of benzene rings is 1. The minimum absolute atomic E-state index is 0.0460. The van der Waals surface area contributed by atoms with Gasteiger partial charge in [-0.1, -0.05) is 46.2 Å². The maximum absolute atomic E-state index is 13.9. The fourth-order valence-corrected chi connectivity index (χ4v) is 6.23. The molecule has 0 bridgehead atoms. The average Bonchev–Trinajstić information content (AvgIpc) is 3.20. The van der Waals surface area contributed by atoms with Crippen LogP contribution in [0.25, 0.3) is 0 Å². The van der Waals surface area contributed by atoms with Gasteiger partial charge in [-0.05, 0) is 49.3 Å². The standard InChI is InChI=1S/C40H61N11O12/c1-7-21(4)34-39(62)45-22(5)35(58)49-28(16-29(41)53)37(60)48-25(40(63)51(6)19-33(57)47-26(14-20(2)3)36(59)44-17-30(42)54)12-13-31(55)43-18-32(56)46-27(38(61)50-34)15-23-8-10-24(52)11-9-23/h8-11,20-22,25-28,34,52H,7,12-19H2,1-6H3,(H2,41,53)(H2,42,54)(H,43,55)(H,44,59)(H,45,62)(H,46,56)(H,47,57)(H,48,60)(H,49,58)(H,50,61). The summed E-state index contributed by atoms with van der Waals surface area (Å²) in [7, 11) is 1.20. The molecule has 11 amide bonds. The van der Waals surface area contributed by atoms with Gasteiger partial charge in [0.15, 0.2) is 0 Å². The van der Waals surface area contributed by atoms with Gasteiger partial charge in [-0.3, -0.25) is 52.7 Å². The van der Waals surface area contributed by atoms with E-state index in [-0.39, 0.29) is 24.5 Å². The van der Waals surface area contributed by atoms with Crippen molar-refractivity contribution in [1.82, 2.24) is 47.4 Å². The monoisotopic (exact) mass is 887 g/mol. The smallest absolute Gasteiger partial charge is 0.245 e. The lowest BCUT2D eigenvalue weighted by Gasteiger charge is -2.29. The molecule has 1 aromatic carbocycles. The zero-order valence-corrected chi connectivity index (χ0v) is 36.3. The van der Waals surface area contributed by atoms with E-state index in [1.54, 1.807) is 27.7 Å². The summed E-state index contributed by atoms with van der Waals surface area (Å²) in [6.07, 6.45) is -1.27. The maximum atomic E-state index is 13.9. The second-order valence-corrected chi connectivity index (χ2v) is 15.8. The molecule has 23 heteroatoms. The molecule has 13 N–H and O–H groups in total. The van der Waals surface area contributed by atoms with Crippen LogP contribution in [0.5, 0.6) is 5.75 Å². The van der Waals surface area contributed by atoms with Gasteiger partial charge >= 0.3 is 0 Å². The summed E-state index contributed by atoms with van der Waals surface area (Å²) in [5, 5.41) is 29.4. The first-order valence-corrected chi connectivity index (χ1v) is 20.4. The van der Waals surface area contributed by atoms with Crippen LogP contribution in [0.15, 0.2) is 24.3 Å². The third-order valence-corrected chi connectivity index (χ3v) is 9.88. The predicted octanol–water partition coefficient (Wildman–Crippen LogP) is -4.20. The third kappa shape index (κ3) is 18.4. The molecule has 1 fully saturated rings. The van der Waals surface area contributed by atoms with Crippen molar-refractivity contribution in [3.8, 4) is 5.75 Å². The number of carbonyl (C=O) groups is 11. The van der Waals surface area contributed by atoms with E-state index in [0.717, 1.165) is 4.90 Å². The van der Waals surface area contributed by atoms with Crippen LogP contribution in [-0.2, 0) is 59.2 Å². The fourth-order valence-electron chi connectivity index (χ4n) is 6.23. The number of hydrogen-bond acceptors (Lipinski definition) is 12. The van der Waals surface area contributed by atoms with E-state index in [1.807, 2.05) is 0 Å². The summed E-state index contributed by atoms with van der Waals surface area (Å²) >= 11 is 0. The summed E-state index contributed by atoms with van der Waals surface area (Å²) in [5.41, 5.74) is 11.0. The van der Waals surface area contributed by atoms with E-state index < -0.39 is 146 Å². The van der Waals surface area contributed by atoms with E-state index >= 15 is 0 Å². The molecule has 63 heavy (non-hydrogen) atoms. The van der Waals surface area contributed by atoms with Crippen LogP contribution in [0.3, 0.4) is 0 Å². The van der Waals surface area contributed by atoms with Crippen LogP contribution in [0, 0.1) is 11.8 Å². The van der Waals surface area contributed by atoms with Gasteiger partial charge < -0.3 is 64.0 Å². The van der Waals surface area contributed by atoms with E-state index in [0.29, 0.717) is 12.0 Å². The largest absolute Gasteiger partial charge is 0.508 e. The molecular weight excluding hydrogens is 827 g/mol. The number of phenolic OH excluding ortho intramolecular Hbond substituents is 1. The molecule has 1 saturated heterocycles. The van der Waals surface area contributed by atoms with Crippen molar-refractivity contribution in [2.75, 3.05) is 26.7 Å². The quantitative estimate of drug-likeness (QED) is 0.0799. The Bertz CT molecular complexity index is 1860. The second kappa shape index (κ2) is 25.2. The van der Waals surface area contributed by atoms with Gasteiger partial charge in [0.1, 0.15) is 42.0 Å². The Hall–Kier alpha value is -6.81. The zero-order valence-electron chi connectivity index (χ0n) is 36.3. The highest BCUT2D eigenvalue weighted by molar-refractivity contribution is 5.99. The lowest BCUT2D eigenvalue weighted by Crippen LogP contribution is -2.60. The highest BCUT2D eigenvalue weighted by Crippen LogP contribution is 2.14. The lowest BCUT2D eigenvalue weighted by atomic mass is 9.96. The number of nitrogens with one attached hydrogen (secondary N) is 8. The lowest BCUT2D eigenvalue weighted by molar-refractivity contribution is -0.140. The van der Waals surface area contributed by atoms with Crippen LogP contribution in [-0.4, -0.2) is 138 Å². The SMILES string of the molecule is CCC(C)C1NC(=O)C(Cc2ccc(O)cc2)NC(=O)CNC(=O)CCC(C(=O)N(C)CC(=O)NC(CC(C)C)C(=O)NCC(N)=O)NC(=O)C(CC(N)=O)NC(=O)C(C)NC1=O. The molecule has 7 unspecified atom stereocenters. The fraction of sp³-hybridized carbons (Fsp3) is 0.575. The van der Waals surface area contributed by atoms with E-state index in [1.165, 1.54) is 38.2 Å². The molecule has 1 heterocycles. The normalized spacial score (nSPS) is 21.7. The number of carbonyl (C=O) groups excluding carboxylic acids is 11. The molecule has 23 nitrogen and oxygen atoms in total. The van der Waals surface area contributed by atoms with Gasteiger partial charge in [0.05, 0.1) is 26.1 Å². The molecule has 0 spiro atoms. The number of rotatable bonds is 15. The molecule has 1 aliphatic rings. The summed E-state index contributed by atoms with van der Waals surface area (Å²) in [4.78, 5) is 145. The topological polar surface area (TPSA) is 360 Å². The average molecular weight is 888 g/mol. The molecule has 348 valence electrons. The second-order valence-electron chi connectivity index (χ2n) is 15.8. The van der Waals surface area contributed by atoms with Gasteiger partial charge in [-0.25, -0.2) is 0 Å². The number of amides is 11. The number of likely N-dealkylation sites (N-methyl/N-ethyl adjacent to an activating group) is 1. The number of primary amides is 2. The maximum Gasteiger partial charge on any atom is 0.245 e. The molecule has 0 aromatic heterocycles. The molecular formula is C40H61N11O12. The molecule has 0 radical (unpaired) electrons. The first-order chi connectivity index (χ1) is 29.5. The third-order valence-electron chi connectivity index (χ3n) is 9.88. The number of hydrogen-bond donors (Lipinski definition) is 11. The predicted molar refractivity (Wildman–Crippen MR) is 224 cm³/mol. The Morgan fingerprint density at radius 1 is 0.825 bits per heavy atom. The Kier molecular flexibility index (Phi) is 20.9. The molecule has 0 aliphatic carbocycles. The zero-order chi connectivity index (χ0) is 47.6. The van der Waals surface area contributed by atoms with Gasteiger partial charge in [0.25, 0.3) is 0 Å². The van der Waals surface area contributed by atoms with Gasteiger partial charge in [-0.15, -0.1) is 0 Å². The van der Waals surface area contributed by atoms with Crippen molar-refractivity contribution in [3.05, 3.63) is 29.8 Å². The molecule has 2 rings (SSSR count). The summed E-state index contributed by atoms with van der Waals surface area (Å²) < 4.78 is 0. The highest BCUT2D eigenvalue weighted by atomic mass is 16.3. The molecule has 1 aromatic rings. The Labute approximate surface area is 364 Å². The van der Waals surface area contributed by atoms with Crippen molar-refractivity contribution in [1.29, 1.82) is 0 Å². The molecule has 0 saturated carbocycles. The highest BCUT2D eigenvalue weighted by Gasteiger charge is 2.35. The van der Waals surface area contributed by atoms with Crippen LogP contribution in [0.4, 0.5) is 0 Å². The van der Waals surface area contributed by atoms with E-state index in [9.17, 15) is 57.8 Å². The van der Waals surface area contributed by atoms with E-state index in [2.05, 4.69) is 42.5 Å². The Morgan fingerprint density at radius 2 is 1.46 bits per heavy atom. The van der Waals surface area contributed by atoms with Crippen molar-refractivity contribution in [2.45, 2.75) is 109 Å². The first kappa shape index (κ1) is 52.3. The van der Waals surface area contributed by atoms with Crippen LogP contribution in [0.2, 0.25) is 0 Å². The number of aromatic hydroxyl groups is 1. The minimum atomic E-state index is -1.71. The van der Waals surface area contributed by atoms with Crippen LogP contribution in [0.1, 0.15) is 72.3 Å².